The molecule has 0 radical (unpaired) electrons. The Morgan fingerprint density at radius 2 is 1.94 bits per heavy atom. The highest BCUT2D eigenvalue weighted by atomic mass is 35.5. The van der Waals surface area contributed by atoms with Gasteiger partial charge in [0.25, 0.3) is 5.91 Å². The number of halogens is 4. The zero-order valence-corrected chi connectivity index (χ0v) is 18.5. The number of carbonyl (C=O) groups excluding carboxylic acids is 1. The molecule has 182 valence electrons. The van der Waals surface area contributed by atoms with Gasteiger partial charge in [-0.05, 0) is 50.3 Å². The van der Waals surface area contributed by atoms with Crippen molar-refractivity contribution in [3.05, 3.63) is 40.6 Å². The number of ether oxygens (including phenoxy) is 2. The third-order valence-electron chi connectivity index (χ3n) is 7.39. The highest BCUT2D eigenvalue weighted by molar-refractivity contribution is 6.30. The summed E-state index contributed by atoms with van der Waals surface area (Å²) in [5.41, 5.74) is -0.112. The Morgan fingerprint density at radius 3 is 2.65 bits per heavy atom. The van der Waals surface area contributed by atoms with Gasteiger partial charge in [0.15, 0.2) is 6.10 Å². The number of hydrogen-bond donors (Lipinski definition) is 2. The normalized spacial score (nSPS) is 35.8. The molecule has 2 heterocycles. The first-order valence-electron chi connectivity index (χ1n) is 11.1. The molecule has 8 nitrogen and oxygen atoms in total. The Bertz CT molecular complexity index is 1130. The first-order chi connectivity index (χ1) is 16.0. The molecule has 4 aliphatic carbocycles. The molecule has 34 heavy (non-hydrogen) atoms. The van der Waals surface area contributed by atoms with E-state index in [-0.39, 0.29) is 42.0 Å². The topological polar surface area (TPSA) is 107 Å². The molecule has 4 saturated carbocycles. The molecule has 2 atom stereocenters. The van der Waals surface area contributed by atoms with Crippen LogP contribution in [0.2, 0.25) is 5.02 Å². The van der Waals surface area contributed by atoms with Gasteiger partial charge in [0.2, 0.25) is 11.8 Å². The predicted octanol–water partition coefficient (Wildman–Crippen LogP) is 3.68. The molecule has 1 aromatic carbocycles. The zero-order chi connectivity index (χ0) is 23.9. The number of alkyl halides is 3. The lowest BCUT2D eigenvalue weighted by Gasteiger charge is -2.68. The van der Waals surface area contributed by atoms with Gasteiger partial charge in [-0.25, -0.2) is 0 Å². The minimum Gasteiger partial charge on any atom is -0.480 e. The number of aliphatic hydroxyl groups is 1. The molecule has 0 spiro atoms. The SMILES string of the molecule is O=C(NC12CC(c3nnc([C@H]4C[C@@H](OC(F)(F)F)C4)o3)(C1)C2)[C@@H]1C[C@H](O)c2cc(Cl)ccc2O1. The van der Waals surface area contributed by atoms with Crippen LogP contribution in [0, 0.1) is 0 Å². The number of rotatable bonds is 5. The maximum Gasteiger partial charge on any atom is 0.522 e. The first-order valence-corrected chi connectivity index (χ1v) is 11.5. The molecule has 4 fully saturated rings. The first kappa shape index (κ1) is 22.1. The maximum atomic E-state index is 12.8. The van der Waals surface area contributed by atoms with Crippen molar-refractivity contribution in [3.8, 4) is 5.75 Å². The smallest absolute Gasteiger partial charge is 0.480 e. The standard InChI is InChI=1S/C22H21ClF3N3O5/c23-11-1-2-15-13(5-11)14(30)6-16(32-15)17(31)27-21-7-20(8-21,9-21)19-29-28-18(33-19)10-3-12(4-10)34-22(24,25)26/h1-2,5,10,12,14,16,30H,3-4,6-9H2,(H,27,31)/t10-,12+,14-,16-,20?,21?/m0/s1. The van der Waals surface area contributed by atoms with E-state index in [1.807, 2.05) is 0 Å². The number of hydrogen-bond acceptors (Lipinski definition) is 7. The van der Waals surface area contributed by atoms with Crippen molar-refractivity contribution in [3.63, 3.8) is 0 Å². The van der Waals surface area contributed by atoms with Gasteiger partial charge in [-0.1, -0.05) is 11.6 Å². The van der Waals surface area contributed by atoms with Crippen LogP contribution in [0.1, 0.15) is 67.9 Å². The van der Waals surface area contributed by atoms with Crippen LogP contribution in [-0.4, -0.2) is 45.3 Å². The van der Waals surface area contributed by atoms with Gasteiger partial charge in [0, 0.05) is 28.5 Å². The molecular weight excluding hydrogens is 479 g/mol. The van der Waals surface area contributed by atoms with Crippen LogP contribution in [0.4, 0.5) is 13.2 Å². The number of fused-ring (bicyclic) bond motifs is 1. The molecule has 5 aliphatic rings. The fraction of sp³-hybridized carbons (Fsp3) is 0.591. The van der Waals surface area contributed by atoms with Crippen LogP contribution < -0.4 is 10.1 Å². The predicted molar refractivity (Wildman–Crippen MR) is 109 cm³/mol. The van der Waals surface area contributed by atoms with E-state index in [1.54, 1.807) is 18.2 Å². The number of nitrogens with zero attached hydrogens (tertiary/aromatic N) is 2. The van der Waals surface area contributed by atoms with Crippen molar-refractivity contribution in [2.75, 3.05) is 0 Å². The summed E-state index contributed by atoms with van der Waals surface area (Å²) in [7, 11) is 0. The third-order valence-corrected chi connectivity index (χ3v) is 7.62. The Kier molecular flexibility index (Phi) is 4.76. The van der Waals surface area contributed by atoms with Crippen LogP contribution in [0.25, 0.3) is 0 Å². The van der Waals surface area contributed by atoms with Crippen molar-refractivity contribution < 1.29 is 37.0 Å². The van der Waals surface area contributed by atoms with Crippen LogP contribution >= 0.6 is 11.6 Å². The quantitative estimate of drug-likeness (QED) is 0.646. The summed E-state index contributed by atoms with van der Waals surface area (Å²) < 4.78 is 52.5. The van der Waals surface area contributed by atoms with Crippen LogP contribution in [0.5, 0.6) is 5.75 Å². The van der Waals surface area contributed by atoms with E-state index < -0.39 is 24.7 Å². The lowest BCUT2D eigenvalue weighted by molar-refractivity contribution is -0.352. The molecule has 0 saturated heterocycles. The summed E-state index contributed by atoms with van der Waals surface area (Å²) >= 11 is 5.97. The zero-order valence-electron chi connectivity index (χ0n) is 17.8. The number of aliphatic hydroxyl groups excluding tert-OH is 1. The van der Waals surface area contributed by atoms with E-state index in [9.17, 15) is 23.1 Å². The second kappa shape index (κ2) is 7.32. The maximum absolute atomic E-state index is 12.8. The summed E-state index contributed by atoms with van der Waals surface area (Å²) in [6, 6.07) is 4.92. The Labute approximate surface area is 196 Å². The highest BCUT2D eigenvalue weighted by Gasteiger charge is 2.72. The lowest BCUT2D eigenvalue weighted by atomic mass is 9.39. The Balaban J connectivity index is 1.03. The number of nitrogens with one attached hydrogen (secondary N) is 1. The largest absolute Gasteiger partial charge is 0.522 e. The molecule has 1 aliphatic heterocycles. The van der Waals surface area contributed by atoms with E-state index in [2.05, 4.69) is 20.3 Å². The van der Waals surface area contributed by atoms with Gasteiger partial charge in [0.1, 0.15) is 5.75 Å². The van der Waals surface area contributed by atoms with Gasteiger partial charge in [-0.3, -0.25) is 9.53 Å². The van der Waals surface area contributed by atoms with Crippen LogP contribution in [-0.2, 0) is 14.9 Å². The monoisotopic (exact) mass is 499 g/mol. The molecule has 7 rings (SSSR count). The van der Waals surface area contributed by atoms with Crippen molar-refractivity contribution in [2.45, 2.75) is 80.1 Å². The molecule has 0 unspecified atom stereocenters. The fourth-order valence-electron chi connectivity index (χ4n) is 5.73. The Morgan fingerprint density at radius 1 is 1.21 bits per heavy atom. The molecule has 2 N–H and O–H groups in total. The van der Waals surface area contributed by atoms with Crippen LogP contribution in [0.3, 0.4) is 0 Å². The summed E-state index contributed by atoms with van der Waals surface area (Å²) in [4.78, 5) is 12.8. The Hall–Kier alpha value is -2.37. The van der Waals surface area contributed by atoms with Gasteiger partial charge in [-0.2, -0.15) is 0 Å². The lowest BCUT2D eigenvalue weighted by Crippen LogP contribution is -2.77. The van der Waals surface area contributed by atoms with E-state index in [4.69, 9.17) is 20.8 Å². The number of amides is 1. The number of carbonyl (C=O) groups is 1. The average Bonchev–Trinajstić information content (AvgIpc) is 3.14. The van der Waals surface area contributed by atoms with E-state index in [0.717, 1.165) is 0 Å². The molecule has 2 bridgehead atoms. The molecule has 12 heteroatoms. The van der Waals surface area contributed by atoms with Gasteiger partial charge >= 0.3 is 6.36 Å². The second-order valence-corrected chi connectivity index (χ2v) is 10.4. The van der Waals surface area contributed by atoms with Crippen LogP contribution in [0.15, 0.2) is 22.6 Å². The third kappa shape index (κ3) is 3.64. The fourth-order valence-corrected chi connectivity index (χ4v) is 5.91. The number of benzene rings is 1. The average molecular weight is 500 g/mol. The van der Waals surface area contributed by atoms with E-state index >= 15 is 0 Å². The van der Waals surface area contributed by atoms with Crippen molar-refractivity contribution in [1.82, 2.24) is 15.5 Å². The summed E-state index contributed by atoms with van der Waals surface area (Å²) in [6.07, 6.45) is -4.74. The second-order valence-electron chi connectivity index (χ2n) is 9.92. The molecule has 1 aromatic heterocycles. The highest BCUT2D eigenvalue weighted by Crippen LogP contribution is 2.67. The molecular formula is C22H21ClF3N3O5. The van der Waals surface area contributed by atoms with Crippen molar-refractivity contribution in [2.24, 2.45) is 0 Å². The summed E-state index contributed by atoms with van der Waals surface area (Å²) in [5.74, 6) is 0.721. The molecule has 1 amide bonds. The van der Waals surface area contributed by atoms with Gasteiger partial charge in [0.05, 0.1) is 17.6 Å². The molecule has 2 aromatic rings. The van der Waals surface area contributed by atoms with E-state index in [0.29, 0.717) is 47.4 Å². The number of aromatic nitrogens is 2. The summed E-state index contributed by atoms with van der Waals surface area (Å²) in [6.45, 7) is 0. The minimum absolute atomic E-state index is 0.133. The van der Waals surface area contributed by atoms with Crippen molar-refractivity contribution in [1.29, 1.82) is 0 Å². The van der Waals surface area contributed by atoms with Gasteiger partial charge in [-0.15, -0.1) is 23.4 Å². The summed E-state index contributed by atoms with van der Waals surface area (Å²) in [5, 5.41) is 22.1. The van der Waals surface area contributed by atoms with E-state index in [1.165, 1.54) is 0 Å². The van der Waals surface area contributed by atoms with Crippen molar-refractivity contribution >= 4 is 17.5 Å². The van der Waals surface area contributed by atoms with Gasteiger partial charge < -0.3 is 19.6 Å². The minimum atomic E-state index is -4.64.